The van der Waals surface area contributed by atoms with Gasteiger partial charge >= 0.3 is 5.97 Å². The minimum atomic E-state index is -0.201. The van der Waals surface area contributed by atoms with Gasteiger partial charge < -0.3 is 9.47 Å². The lowest BCUT2D eigenvalue weighted by Crippen LogP contribution is -2.17. The molecule has 3 nitrogen and oxygen atoms in total. The fourth-order valence-corrected chi connectivity index (χ4v) is 1.43. The van der Waals surface area contributed by atoms with Gasteiger partial charge in [0, 0.05) is 5.56 Å². The Bertz CT molecular complexity index is 435. The van der Waals surface area contributed by atoms with E-state index in [0.717, 1.165) is 17.7 Å². The molecule has 0 aliphatic carbocycles. The molecule has 0 aromatic heterocycles. The lowest BCUT2D eigenvalue weighted by atomic mass is 10.1. The van der Waals surface area contributed by atoms with E-state index >= 15 is 0 Å². The van der Waals surface area contributed by atoms with E-state index in [9.17, 15) is 4.79 Å². The number of allylic oxidation sites excluding steroid dienone is 1. The number of esters is 1. The van der Waals surface area contributed by atoms with Crippen LogP contribution in [0, 0.1) is 5.92 Å². The molecule has 1 rings (SSSR count). The highest BCUT2D eigenvalue weighted by Gasteiger charge is 2.14. The molecule has 1 unspecified atom stereocenters. The van der Waals surface area contributed by atoms with Crippen LogP contribution in [-0.4, -0.2) is 13.1 Å². The predicted octanol–water partition coefficient (Wildman–Crippen LogP) is 3.68. The summed E-state index contributed by atoms with van der Waals surface area (Å²) in [7, 11) is 1.61. The molecule has 0 aliphatic heterocycles. The third-order valence-electron chi connectivity index (χ3n) is 2.79. The first kappa shape index (κ1) is 14.3. The number of methoxy groups -OCH3 is 1. The third kappa shape index (κ3) is 3.62. The summed E-state index contributed by atoms with van der Waals surface area (Å²) in [5.74, 6) is 1.02. The van der Waals surface area contributed by atoms with Crippen LogP contribution < -0.4 is 9.47 Å². The molecular formula is C15H20O3. The monoisotopic (exact) mass is 248 g/mol. The standard InChI is InChI=1S/C15H20O3/c1-5-7-12-10-13(17-4)8-9-14(12)18-15(16)11(3)6-2/h5,7-11H,6H2,1-4H3/b7-5+. The number of rotatable bonds is 5. The second-order valence-corrected chi connectivity index (χ2v) is 4.13. The molecule has 0 amide bonds. The highest BCUT2D eigenvalue weighted by atomic mass is 16.5. The first-order valence-corrected chi connectivity index (χ1v) is 6.14. The molecule has 3 heteroatoms. The predicted molar refractivity (Wildman–Crippen MR) is 72.8 cm³/mol. The molecule has 0 saturated heterocycles. The van der Waals surface area contributed by atoms with E-state index in [1.165, 1.54) is 0 Å². The summed E-state index contributed by atoms with van der Waals surface area (Å²) >= 11 is 0. The Hall–Kier alpha value is -1.77. The molecule has 0 saturated carbocycles. The van der Waals surface area contributed by atoms with Crippen LogP contribution in [-0.2, 0) is 4.79 Å². The molecule has 0 fully saturated rings. The summed E-state index contributed by atoms with van der Waals surface area (Å²) in [6, 6.07) is 5.39. The molecule has 1 atom stereocenters. The van der Waals surface area contributed by atoms with Crippen LogP contribution >= 0.6 is 0 Å². The number of benzene rings is 1. The Morgan fingerprint density at radius 3 is 2.72 bits per heavy atom. The zero-order valence-corrected chi connectivity index (χ0v) is 11.4. The molecule has 1 aromatic carbocycles. The summed E-state index contributed by atoms with van der Waals surface area (Å²) < 4.78 is 10.6. The van der Waals surface area contributed by atoms with Gasteiger partial charge in [0.15, 0.2) is 0 Å². The normalized spacial score (nSPS) is 12.4. The average molecular weight is 248 g/mol. The zero-order valence-electron chi connectivity index (χ0n) is 11.4. The van der Waals surface area contributed by atoms with Gasteiger partial charge in [-0.15, -0.1) is 0 Å². The molecule has 0 radical (unpaired) electrons. The topological polar surface area (TPSA) is 35.5 Å². The first-order valence-electron chi connectivity index (χ1n) is 6.14. The van der Waals surface area contributed by atoms with Crippen molar-refractivity contribution in [1.29, 1.82) is 0 Å². The van der Waals surface area contributed by atoms with Crippen molar-refractivity contribution in [3.63, 3.8) is 0 Å². The van der Waals surface area contributed by atoms with Crippen molar-refractivity contribution in [3.05, 3.63) is 29.8 Å². The lowest BCUT2D eigenvalue weighted by molar-refractivity contribution is -0.138. The van der Waals surface area contributed by atoms with Gasteiger partial charge in [0.25, 0.3) is 0 Å². The van der Waals surface area contributed by atoms with Crippen molar-refractivity contribution in [3.8, 4) is 11.5 Å². The quantitative estimate of drug-likeness (QED) is 0.589. The molecule has 0 bridgehead atoms. The zero-order chi connectivity index (χ0) is 13.5. The maximum atomic E-state index is 11.8. The Morgan fingerprint density at radius 2 is 2.17 bits per heavy atom. The molecule has 1 aromatic rings. The van der Waals surface area contributed by atoms with Gasteiger partial charge in [-0.25, -0.2) is 0 Å². The van der Waals surface area contributed by atoms with E-state index in [-0.39, 0.29) is 11.9 Å². The average Bonchev–Trinajstić information content (AvgIpc) is 2.39. The van der Waals surface area contributed by atoms with E-state index in [0.29, 0.717) is 5.75 Å². The Morgan fingerprint density at radius 1 is 1.44 bits per heavy atom. The van der Waals surface area contributed by atoms with Gasteiger partial charge in [-0.3, -0.25) is 4.79 Å². The smallest absolute Gasteiger partial charge is 0.314 e. The number of hydrogen-bond donors (Lipinski definition) is 0. The fourth-order valence-electron chi connectivity index (χ4n) is 1.43. The fraction of sp³-hybridized carbons (Fsp3) is 0.400. The van der Waals surface area contributed by atoms with Crippen molar-refractivity contribution in [2.75, 3.05) is 7.11 Å². The second kappa shape index (κ2) is 6.84. The van der Waals surface area contributed by atoms with Gasteiger partial charge in [-0.2, -0.15) is 0 Å². The largest absolute Gasteiger partial charge is 0.497 e. The number of carbonyl (C=O) groups is 1. The van der Waals surface area contributed by atoms with E-state index < -0.39 is 0 Å². The molecule has 0 aliphatic rings. The summed E-state index contributed by atoms with van der Waals surface area (Å²) in [6.07, 6.45) is 4.56. The van der Waals surface area contributed by atoms with Crippen molar-refractivity contribution >= 4 is 12.0 Å². The van der Waals surface area contributed by atoms with Gasteiger partial charge in [0.2, 0.25) is 0 Å². The van der Waals surface area contributed by atoms with Gasteiger partial charge in [-0.1, -0.05) is 26.0 Å². The van der Waals surface area contributed by atoms with Crippen molar-refractivity contribution in [2.24, 2.45) is 5.92 Å². The maximum Gasteiger partial charge on any atom is 0.314 e. The summed E-state index contributed by atoms with van der Waals surface area (Å²) in [5, 5.41) is 0. The van der Waals surface area contributed by atoms with Crippen LogP contribution in [0.4, 0.5) is 0 Å². The molecule has 0 heterocycles. The number of hydrogen-bond acceptors (Lipinski definition) is 3. The van der Waals surface area contributed by atoms with Crippen LogP contribution in [0.2, 0.25) is 0 Å². The maximum absolute atomic E-state index is 11.8. The minimum Gasteiger partial charge on any atom is -0.497 e. The van der Waals surface area contributed by atoms with Gasteiger partial charge in [-0.05, 0) is 31.5 Å². The van der Waals surface area contributed by atoms with Crippen molar-refractivity contribution in [1.82, 2.24) is 0 Å². The van der Waals surface area contributed by atoms with Crippen LogP contribution in [0.5, 0.6) is 11.5 Å². The Balaban J connectivity index is 2.97. The van der Waals surface area contributed by atoms with Crippen LogP contribution in [0.15, 0.2) is 24.3 Å². The van der Waals surface area contributed by atoms with E-state index in [2.05, 4.69) is 0 Å². The molecule has 18 heavy (non-hydrogen) atoms. The van der Waals surface area contributed by atoms with Crippen molar-refractivity contribution in [2.45, 2.75) is 27.2 Å². The van der Waals surface area contributed by atoms with Crippen molar-refractivity contribution < 1.29 is 14.3 Å². The van der Waals surface area contributed by atoms with Crippen LogP contribution in [0.1, 0.15) is 32.8 Å². The lowest BCUT2D eigenvalue weighted by Gasteiger charge is -2.12. The SMILES string of the molecule is C/C=C/c1cc(OC)ccc1OC(=O)C(C)CC. The summed E-state index contributed by atoms with van der Waals surface area (Å²) in [6.45, 7) is 5.74. The third-order valence-corrected chi connectivity index (χ3v) is 2.79. The summed E-state index contributed by atoms with van der Waals surface area (Å²) in [5.41, 5.74) is 0.841. The number of carbonyl (C=O) groups excluding carboxylic acids is 1. The highest BCUT2D eigenvalue weighted by molar-refractivity contribution is 5.76. The highest BCUT2D eigenvalue weighted by Crippen LogP contribution is 2.26. The first-order chi connectivity index (χ1) is 8.62. The van der Waals surface area contributed by atoms with E-state index in [1.54, 1.807) is 19.2 Å². The Labute approximate surface area is 108 Å². The van der Waals surface area contributed by atoms with Gasteiger partial charge in [0.05, 0.1) is 13.0 Å². The van der Waals surface area contributed by atoms with Gasteiger partial charge in [0.1, 0.15) is 11.5 Å². The Kier molecular flexibility index (Phi) is 5.43. The van der Waals surface area contributed by atoms with Crippen LogP contribution in [0.3, 0.4) is 0 Å². The number of ether oxygens (including phenoxy) is 2. The molecule has 0 N–H and O–H groups in total. The summed E-state index contributed by atoms with van der Waals surface area (Å²) in [4.78, 5) is 11.8. The van der Waals surface area contributed by atoms with Crippen LogP contribution in [0.25, 0.3) is 6.08 Å². The second-order valence-electron chi connectivity index (χ2n) is 4.13. The molecule has 0 spiro atoms. The molecular weight excluding hydrogens is 228 g/mol. The van der Waals surface area contributed by atoms with E-state index in [1.807, 2.05) is 39.0 Å². The minimum absolute atomic E-state index is 0.0921. The molecule has 98 valence electrons. The van der Waals surface area contributed by atoms with E-state index in [4.69, 9.17) is 9.47 Å².